The van der Waals surface area contributed by atoms with Crippen LogP contribution in [-0.2, 0) is 13.1 Å². The lowest BCUT2D eigenvalue weighted by atomic mass is 10.1. The number of hydrogen-bond acceptors (Lipinski definition) is 3. The summed E-state index contributed by atoms with van der Waals surface area (Å²) in [5.74, 6) is 0. The average molecular weight is 366 g/mol. The molecular weight excluding hydrogens is 340 g/mol. The van der Waals surface area contributed by atoms with E-state index in [0.717, 1.165) is 28.3 Å². The molecule has 0 aliphatic rings. The summed E-state index contributed by atoms with van der Waals surface area (Å²) in [7, 11) is 1.77. The van der Waals surface area contributed by atoms with Gasteiger partial charge >= 0.3 is 6.03 Å². The molecule has 2 aromatic heterocycles. The molecule has 0 spiro atoms. The summed E-state index contributed by atoms with van der Waals surface area (Å²) in [4.78, 5) is 14.1. The molecule has 3 aromatic rings. The average Bonchev–Trinajstić information content (AvgIpc) is 3.22. The van der Waals surface area contributed by atoms with Crippen LogP contribution in [0.1, 0.15) is 24.0 Å². The maximum Gasteiger partial charge on any atom is 0.317 e. The molecule has 142 valence electrons. The summed E-state index contributed by atoms with van der Waals surface area (Å²) in [5.41, 5.74) is 4.88. The van der Waals surface area contributed by atoms with Crippen molar-refractivity contribution in [3.05, 3.63) is 59.5 Å². The third kappa shape index (κ3) is 4.75. The molecule has 0 saturated carbocycles. The zero-order valence-electron chi connectivity index (χ0n) is 16.2. The number of benzene rings is 1. The fraction of sp³-hybridized carbons (Fsp3) is 0.350. The lowest BCUT2D eigenvalue weighted by Crippen LogP contribution is -2.43. The molecule has 7 nitrogen and oxygen atoms in total. The van der Waals surface area contributed by atoms with Gasteiger partial charge in [0.1, 0.15) is 0 Å². The lowest BCUT2D eigenvalue weighted by molar-refractivity contribution is 0.201. The molecule has 0 bridgehead atoms. The van der Waals surface area contributed by atoms with Crippen LogP contribution in [0.25, 0.3) is 11.3 Å². The maximum atomic E-state index is 12.5. The molecule has 0 aliphatic carbocycles. The van der Waals surface area contributed by atoms with Gasteiger partial charge in [-0.2, -0.15) is 10.2 Å². The number of amides is 2. The van der Waals surface area contributed by atoms with E-state index in [4.69, 9.17) is 0 Å². The van der Waals surface area contributed by atoms with E-state index in [2.05, 4.69) is 20.6 Å². The van der Waals surface area contributed by atoms with Gasteiger partial charge in [0.05, 0.1) is 30.2 Å². The van der Waals surface area contributed by atoms with E-state index in [-0.39, 0.29) is 12.1 Å². The number of aromatic amines is 1. The van der Waals surface area contributed by atoms with Crippen LogP contribution >= 0.6 is 0 Å². The van der Waals surface area contributed by atoms with Gasteiger partial charge in [-0.3, -0.25) is 9.78 Å². The van der Waals surface area contributed by atoms with Gasteiger partial charge in [0.25, 0.3) is 0 Å². The molecule has 0 unspecified atom stereocenters. The number of aromatic nitrogens is 4. The van der Waals surface area contributed by atoms with E-state index in [9.17, 15) is 4.79 Å². The van der Waals surface area contributed by atoms with E-state index >= 15 is 0 Å². The summed E-state index contributed by atoms with van der Waals surface area (Å²) in [6.07, 6.45) is 0. The lowest BCUT2D eigenvalue weighted by Gasteiger charge is -2.21. The number of nitrogens with zero attached hydrogens (tertiary/aromatic N) is 4. The number of rotatable bonds is 6. The van der Waals surface area contributed by atoms with Gasteiger partial charge < -0.3 is 10.2 Å². The smallest absolute Gasteiger partial charge is 0.317 e. The van der Waals surface area contributed by atoms with Gasteiger partial charge in [-0.25, -0.2) is 4.79 Å². The minimum Gasteiger partial charge on any atom is -0.334 e. The summed E-state index contributed by atoms with van der Waals surface area (Å²) in [5, 5.41) is 14.8. The number of urea groups is 1. The molecule has 0 saturated heterocycles. The van der Waals surface area contributed by atoms with Gasteiger partial charge in [0.15, 0.2) is 0 Å². The number of H-pyrrole nitrogens is 1. The highest BCUT2D eigenvalue weighted by molar-refractivity contribution is 5.74. The zero-order chi connectivity index (χ0) is 19.4. The molecule has 27 heavy (non-hydrogen) atoms. The molecule has 0 aliphatic heterocycles. The third-order valence-corrected chi connectivity index (χ3v) is 4.37. The quantitative estimate of drug-likeness (QED) is 0.703. The molecule has 0 radical (unpaired) electrons. The molecule has 0 fully saturated rings. The van der Waals surface area contributed by atoms with Crippen molar-refractivity contribution in [2.45, 2.75) is 39.9 Å². The Kier molecular flexibility index (Phi) is 5.59. The summed E-state index contributed by atoms with van der Waals surface area (Å²) in [6, 6.07) is 13.8. The van der Waals surface area contributed by atoms with Crippen LogP contribution in [0.3, 0.4) is 0 Å². The molecule has 3 rings (SSSR count). The van der Waals surface area contributed by atoms with Crippen molar-refractivity contribution in [3.8, 4) is 11.3 Å². The highest BCUT2D eigenvalue weighted by Gasteiger charge is 2.15. The van der Waals surface area contributed by atoms with Crippen LogP contribution in [0, 0.1) is 13.8 Å². The van der Waals surface area contributed by atoms with Gasteiger partial charge in [-0.05, 0) is 32.9 Å². The van der Waals surface area contributed by atoms with Crippen LogP contribution < -0.4 is 5.32 Å². The molecule has 2 amide bonds. The summed E-state index contributed by atoms with van der Waals surface area (Å²) < 4.78 is 1.92. The van der Waals surface area contributed by atoms with E-state index in [1.54, 1.807) is 11.9 Å². The van der Waals surface area contributed by atoms with Crippen LogP contribution in [0.2, 0.25) is 0 Å². The normalized spacial score (nSPS) is 12.0. The van der Waals surface area contributed by atoms with Crippen LogP contribution in [0.15, 0.2) is 42.5 Å². The number of nitrogens with one attached hydrogen (secondary N) is 2. The fourth-order valence-corrected chi connectivity index (χ4v) is 3.01. The van der Waals surface area contributed by atoms with E-state index in [0.29, 0.717) is 13.1 Å². The Labute approximate surface area is 159 Å². The Hall–Kier alpha value is -3.09. The second kappa shape index (κ2) is 8.07. The van der Waals surface area contributed by atoms with Crippen LogP contribution in [0.5, 0.6) is 0 Å². The number of aryl methyl sites for hydroxylation is 2. The first-order chi connectivity index (χ1) is 12.9. The van der Waals surface area contributed by atoms with Gasteiger partial charge in [0, 0.05) is 24.3 Å². The SMILES string of the molecule is Cc1cc(C)n(C[C@H](C)NC(=O)N(C)Cc2cc(-c3ccccc3)n[nH]2)n1. The Morgan fingerprint density at radius 2 is 2.00 bits per heavy atom. The van der Waals surface area contributed by atoms with Crippen LogP contribution in [-0.4, -0.2) is 44.0 Å². The van der Waals surface area contributed by atoms with Crippen molar-refractivity contribution in [3.63, 3.8) is 0 Å². The first-order valence-electron chi connectivity index (χ1n) is 9.05. The largest absolute Gasteiger partial charge is 0.334 e. The second-order valence-electron chi connectivity index (χ2n) is 6.96. The topological polar surface area (TPSA) is 78.8 Å². The fourth-order valence-electron chi connectivity index (χ4n) is 3.01. The first kappa shape index (κ1) is 18.7. The van der Waals surface area contributed by atoms with Crippen molar-refractivity contribution in [1.82, 2.24) is 30.2 Å². The third-order valence-electron chi connectivity index (χ3n) is 4.37. The Bertz CT molecular complexity index is 898. The maximum absolute atomic E-state index is 12.5. The predicted molar refractivity (Wildman–Crippen MR) is 105 cm³/mol. The minimum absolute atomic E-state index is 0.0282. The second-order valence-corrected chi connectivity index (χ2v) is 6.96. The van der Waals surface area contributed by atoms with Gasteiger partial charge in [0.2, 0.25) is 0 Å². The van der Waals surface area contributed by atoms with Gasteiger partial charge in [-0.1, -0.05) is 30.3 Å². The molecule has 1 aromatic carbocycles. The summed E-state index contributed by atoms with van der Waals surface area (Å²) >= 11 is 0. The van der Waals surface area contributed by atoms with Crippen molar-refractivity contribution in [2.75, 3.05) is 7.05 Å². The number of carbonyl (C=O) groups is 1. The van der Waals surface area contributed by atoms with Crippen molar-refractivity contribution >= 4 is 6.03 Å². The number of hydrogen-bond donors (Lipinski definition) is 2. The zero-order valence-corrected chi connectivity index (χ0v) is 16.2. The van der Waals surface area contributed by atoms with E-state index in [1.807, 2.05) is 67.9 Å². The van der Waals surface area contributed by atoms with E-state index < -0.39 is 0 Å². The van der Waals surface area contributed by atoms with Crippen molar-refractivity contribution in [1.29, 1.82) is 0 Å². The monoisotopic (exact) mass is 366 g/mol. The Morgan fingerprint density at radius 1 is 1.26 bits per heavy atom. The van der Waals surface area contributed by atoms with Crippen molar-refractivity contribution < 1.29 is 4.79 Å². The highest BCUT2D eigenvalue weighted by atomic mass is 16.2. The van der Waals surface area contributed by atoms with Gasteiger partial charge in [-0.15, -0.1) is 0 Å². The summed E-state index contributed by atoms with van der Waals surface area (Å²) in [6.45, 7) is 7.06. The minimum atomic E-state index is -0.125. The number of carbonyl (C=O) groups excluding carboxylic acids is 1. The standard InChI is InChI=1S/C20H26N6O/c1-14-10-16(3)26(24-14)12-15(2)21-20(27)25(4)13-18-11-19(23-22-18)17-8-6-5-7-9-17/h5-11,15H,12-13H2,1-4H3,(H,21,27)(H,22,23)/t15-/m0/s1. The molecule has 2 heterocycles. The molecule has 1 atom stereocenters. The Morgan fingerprint density at radius 3 is 2.67 bits per heavy atom. The first-order valence-corrected chi connectivity index (χ1v) is 9.05. The van der Waals surface area contributed by atoms with Crippen molar-refractivity contribution in [2.24, 2.45) is 0 Å². The predicted octanol–water partition coefficient (Wildman–Crippen LogP) is 3.12. The van der Waals surface area contributed by atoms with E-state index in [1.165, 1.54) is 0 Å². The highest BCUT2D eigenvalue weighted by Crippen LogP contribution is 2.17. The molecular formula is C20H26N6O. The molecule has 2 N–H and O–H groups in total. The van der Waals surface area contributed by atoms with Crippen LogP contribution in [0.4, 0.5) is 4.79 Å². The Balaban J connectivity index is 1.54. The molecule has 7 heteroatoms.